The number of rotatable bonds is 2. The molecule has 0 amide bonds. The molecule has 0 radical (unpaired) electrons. The number of nitrogens with zero attached hydrogens (tertiary/aromatic N) is 1. The third kappa shape index (κ3) is 1.28. The van der Waals surface area contributed by atoms with Crippen molar-refractivity contribution in [3.05, 3.63) is 0 Å². The molecular formula is C9H13NO. The monoisotopic (exact) mass is 151 g/mol. The average molecular weight is 151 g/mol. The van der Waals surface area contributed by atoms with E-state index in [1.807, 2.05) is 13.8 Å². The summed E-state index contributed by atoms with van der Waals surface area (Å²) in [4.78, 5) is 11.1. The Balaban J connectivity index is 2.64. The summed E-state index contributed by atoms with van der Waals surface area (Å²) in [6.45, 7) is 5.46. The highest BCUT2D eigenvalue weighted by Gasteiger charge is 2.50. The molecule has 0 aromatic rings. The van der Waals surface area contributed by atoms with Gasteiger partial charge in [0, 0.05) is 5.41 Å². The Morgan fingerprint density at radius 2 is 2.18 bits per heavy atom. The molecule has 2 nitrogen and oxygen atoms in total. The fourth-order valence-electron chi connectivity index (χ4n) is 1.40. The molecule has 2 unspecified atom stereocenters. The third-order valence-corrected chi connectivity index (χ3v) is 2.79. The Kier molecular flexibility index (Phi) is 1.75. The van der Waals surface area contributed by atoms with Gasteiger partial charge in [-0.3, -0.25) is 4.79 Å². The topological polar surface area (TPSA) is 40.9 Å². The first-order valence-corrected chi connectivity index (χ1v) is 3.90. The van der Waals surface area contributed by atoms with Crippen LogP contribution in [0.1, 0.15) is 27.2 Å². The summed E-state index contributed by atoms with van der Waals surface area (Å²) in [5.74, 6) is 0.638. The van der Waals surface area contributed by atoms with Crippen LogP contribution in [0.3, 0.4) is 0 Å². The summed E-state index contributed by atoms with van der Waals surface area (Å²) in [6, 6.07) is 2.20. The number of nitriles is 1. The molecule has 0 N–H and O–H groups in total. The third-order valence-electron chi connectivity index (χ3n) is 2.79. The molecule has 2 heteroatoms. The van der Waals surface area contributed by atoms with Crippen molar-refractivity contribution < 1.29 is 4.79 Å². The summed E-state index contributed by atoms with van der Waals surface area (Å²) in [5.41, 5.74) is -0.277. The van der Waals surface area contributed by atoms with Gasteiger partial charge in [-0.2, -0.15) is 5.26 Å². The van der Waals surface area contributed by atoms with Crippen molar-refractivity contribution in [2.24, 2.45) is 17.3 Å². The first-order chi connectivity index (χ1) is 5.00. The fraction of sp³-hybridized carbons (Fsp3) is 0.778. The van der Waals surface area contributed by atoms with Crippen molar-refractivity contribution in [2.45, 2.75) is 27.2 Å². The van der Waals surface area contributed by atoms with Crippen molar-refractivity contribution in [1.29, 1.82) is 5.26 Å². The van der Waals surface area contributed by atoms with E-state index in [-0.39, 0.29) is 17.1 Å². The van der Waals surface area contributed by atoms with E-state index >= 15 is 0 Å². The fourth-order valence-corrected chi connectivity index (χ4v) is 1.40. The van der Waals surface area contributed by atoms with Gasteiger partial charge in [0.25, 0.3) is 0 Å². The van der Waals surface area contributed by atoms with E-state index in [1.165, 1.54) is 0 Å². The second-order valence-electron chi connectivity index (χ2n) is 3.86. The minimum Gasteiger partial charge on any atom is -0.299 e. The number of hydrogen-bond acceptors (Lipinski definition) is 2. The Bertz CT molecular complexity index is 224. The van der Waals surface area contributed by atoms with Gasteiger partial charge in [0.05, 0.1) is 12.0 Å². The molecule has 0 heterocycles. The highest BCUT2D eigenvalue weighted by Crippen LogP contribution is 2.50. The predicted molar refractivity (Wildman–Crippen MR) is 41.7 cm³/mol. The normalized spacial score (nSPS) is 29.3. The van der Waals surface area contributed by atoms with Gasteiger partial charge in [-0.1, -0.05) is 13.8 Å². The molecule has 11 heavy (non-hydrogen) atoms. The van der Waals surface area contributed by atoms with E-state index in [1.54, 1.807) is 6.92 Å². The summed E-state index contributed by atoms with van der Waals surface area (Å²) < 4.78 is 0. The van der Waals surface area contributed by atoms with Crippen molar-refractivity contribution in [1.82, 2.24) is 0 Å². The van der Waals surface area contributed by atoms with Crippen LogP contribution >= 0.6 is 0 Å². The molecule has 1 aliphatic rings. The van der Waals surface area contributed by atoms with E-state index in [4.69, 9.17) is 5.26 Å². The molecule has 2 atom stereocenters. The van der Waals surface area contributed by atoms with Crippen LogP contribution in [0.4, 0.5) is 0 Å². The Hall–Kier alpha value is -0.840. The van der Waals surface area contributed by atoms with E-state index < -0.39 is 0 Å². The average Bonchev–Trinajstić information content (AvgIpc) is 2.65. The van der Waals surface area contributed by atoms with Crippen LogP contribution in [-0.4, -0.2) is 5.78 Å². The molecule has 1 aliphatic carbocycles. The maximum atomic E-state index is 11.1. The Labute approximate surface area is 67.2 Å². The molecule has 1 saturated carbocycles. The summed E-state index contributed by atoms with van der Waals surface area (Å²) >= 11 is 0. The van der Waals surface area contributed by atoms with E-state index in [0.29, 0.717) is 5.92 Å². The second-order valence-corrected chi connectivity index (χ2v) is 3.86. The van der Waals surface area contributed by atoms with Crippen molar-refractivity contribution in [3.8, 4) is 6.07 Å². The molecule has 1 rings (SSSR count). The summed E-state index contributed by atoms with van der Waals surface area (Å²) in [7, 11) is 0. The smallest absolute Gasteiger partial charge is 0.135 e. The van der Waals surface area contributed by atoms with Gasteiger partial charge in [-0.05, 0) is 19.3 Å². The number of hydrogen-bond donors (Lipinski definition) is 0. The lowest BCUT2D eigenvalue weighted by atomic mass is 9.82. The maximum absolute atomic E-state index is 11.1. The molecule has 1 fully saturated rings. The number of carbonyl (C=O) groups is 1. The predicted octanol–water partition coefficient (Wildman–Crippen LogP) is 1.76. The van der Waals surface area contributed by atoms with Crippen LogP contribution in [0.5, 0.6) is 0 Å². The van der Waals surface area contributed by atoms with Gasteiger partial charge in [0.1, 0.15) is 5.78 Å². The van der Waals surface area contributed by atoms with Crippen LogP contribution < -0.4 is 0 Å². The minimum absolute atomic E-state index is 0.133. The lowest BCUT2D eigenvalue weighted by Crippen LogP contribution is -2.24. The largest absolute Gasteiger partial charge is 0.299 e. The van der Waals surface area contributed by atoms with Crippen LogP contribution in [0.25, 0.3) is 0 Å². The SMILES string of the molecule is CC(=O)C(C)(C)C1CC1C#N. The van der Waals surface area contributed by atoms with Gasteiger partial charge in [0.2, 0.25) is 0 Å². The summed E-state index contributed by atoms with van der Waals surface area (Å²) in [6.07, 6.45) is 0.906. The van der Waals surface area contributed by atoms with Crippen LogP contribution in [0.15, 0.2) is 0 Å². The Morgan fingerprint density at radius 3 is 2.45 bits per heavy atom. The molecule has 0 aromatic carbocycles. The zero-order valence-electron chi connectivity index (χ0n) is 7.22. The van der Waals surface area contributed by atoms with Gasteiger partial charge in [0.15, 0.2) is 0 Å². The van der Waals surface area contributed by atoms with Crippen LogP contribution in [-0.2, 0) is 4.79 Å². The van der Waals surface area contributed by atoms with Gasteiger partial charge in [-0.15, -0.1) is 0 Å². The second kappa shape index (κ2) is 2.34. The van der Waals surface area contributed by atoms with Crippen LogP contribution in [0, 0.1) is 28.6 Å². The van der Waals surface area contributed by atoms with E-state index in [2.05, 4.69) is 6.07 Å². The highest BCUT2D eigenvalue weighted by atomic mass is 16.1. The molecular weight excluding hydrogens is 138 g/mol. The quantitative estimate of drug-likeness (QED) is 0.603. The maximum Gasteiger partial charge on any atom is 0.135 e. The molecule has 0 spiro atoms. The van der Waals surface area contributed by atoms with Gasteiger partial charge in [-0.25, -0.2) is 0 Å². The van der Waals surface area contributed by atoms with E-state index in [9.17, 15) is 4.79 Å². The minimum atomic E-state index is -0.277. The standard InChI is InChI=1S/C9H13NO/c1-6(11)9(2,3)8-4-7(8)5-10/h7-8H,4H2,1-3H3. The van der Waals surface area contributed by atoms with Crippen LogP contribution in [0.2, 0.25) is 0 Å². The highest BCUT2D eigenvalue weighted by molar-refractivity contribution is 5.82. The molecule has 0 aliphatic heterocycles. The van der Waals surface area contributed by atoms with Crippen molar-refractivity contribution in [2.75, 3.05) is 0 Å². The van der Waals surface area contributed by atoms with Crippen molar-refractivity contribution >= 4 is 5.78 Å². The van der Waals surface area contributed by atoms with Gasteiger partial charge >= 0.3 is 0 Å². The number of ketones is 1. The lowest BCUT2D eigenvalue weighted by Gasteiger charge is -2.19. The molecule has 0 bridgehead atoms. The number of Topliss-reactive ketones (excluding diaryl/α,β-unsaturated/α-hetero) is 1. The number of carbonyl (C=O) groups excluding carboxylic acids is 1. The lowest BCUT2D eigenvalue weighted by molar-refractivity contribution is -0.125. The molecule has 0 aromatic heterocycles. The van der Waals surface area contributed by atoms with Gasteiger partial charge < -0.3 is 0 Å². The molecule has 0 saturated heterocycles. The Morgan fingerprint density at radius 1 is 1.64 bits per heavy atom. The first kappa shape index (κ1) is 8.26. The van der Waals surface area contributed by atoms with Crippen molar-refractivity contribution in [3.63, 3.8) is 0 Å². The summed E-state index contributed by atoms with van der Waals surface area (Å²) in [5, 5.41) is 8.56. The zero-order chi connectivity index (χ0) is 8.65. The zero-order valence-corrected chi connectivity index (χ0v) is 7.22. The molecule has 60 valence electrons. The first-order valence-electron chi connectivity index (χ1n) is 3.90. The van der Waals surface area contributed by atoms with E-state index in [0.717, 1.165) is 6.42 Å².